The first kappa shape index (κ1) is 13.4. The Hall–Kier alpha value is -1.06. The van der Waals surface area contributed by atoms with Crippen molar-refractivity contribution in [2.24, 2.45) is 0 Å². The van der Waals surface area contributed by atoms with Crippen molar-refractivity contribution in [1.29, 1.82) is 0 Å². The minimum Gasteiger partial charge on any atom is -0.507 e. The van der Waals surface area contributed by atoms with Crippen molar-refractivity contribution < 1.29 is 9.84 Å². The molecule has 100 valence electrons. The molecule has 0 radical (unpaired) electrons. The number of rotatable bonds is 3. The second kappa shape index (κ2) is 5.29. The van der Waals surface area contributed by atoms with Crippen LogP contribution in [0.25, 0.3) is 0 Å². The molecule has 0 amide bonds. The van der Waals surface area contributed by atoms with Crippen molar-refractivity contribution in [1.82, 2.24) is 5.32 Å². The number of phenolic OH excluding ortho intramolecular Hbond substituents is 1. The molecular formula is C15H23NO2. The summed E-state index contributed by atoms with van der Waals surface area (Å²) in [5.41, 5.74) is 3.18. The lowest BCUT2D eigenvalue weighted by Crippen LogP contribution is -2.48. The molecule has 2 rings (SSSR count). The topological polar surface area (TPSA) is 41.5 Å². The summed E-state index contributed by atoms with van der Waals surface area (Å²) in [6.45, 7) is 8.58. The first-order chi connectivity index (χ1) is 8.50. The molecule has 1 heterocycles. The fourth-order valence-corrected chi connectivity index (χ4v) is 2.54. The lowest BCUT2D eigenvalue weighted by molar-refractivity contribution is 0.0278. The molecule has 0 saturated carbocycles. The van der Waals surface area contributed by atoms with Crippen LogP contribution in [0.4, 0.5) is 0 Å². The molecule has 2 N–H and O–H groups in total. The van der Waals surface area contributed by atoms with Crippen LogP contribution in [0.15, 0.2) is 12.1 Å². The Morgan fingerprint density at radius 3 is 2.56 bits per heavy atom. The van der Waals surface area contributed by atoms with Gasteiger partial charge in [-0.05, 0) is 50.3 Å². The summed E-state index contributed by atoms with van der Waals surface area (Å²) in [6.07, 6.45) is 2.28. The van der Waals surface area contributed by atoms with Gasteiger partial charge in [-0.1, -0.05) is 12.1 Å². The lowest BCUT2D eigenvalue weighted by atomic mass is 9.94. The monoisotopic (exact) mass is 249 g/mol. The van der Waals surface area contributed by atoms with Gasteiger partial charge in [0.2, 0.25) is 0 Å². The Morgan fingerprint density at radius 2 is 2.00 bits per heavy atom. The minimum atomic E-state index is 0.0813. The van der Waals surface area contributed by atoms with Gasteiger partial charge < -0.3 is 15.2 Å². The van der Waals surface area contributed by atoms with Crippen molar-refractivity contribution in [3.8, 4) is 5.75 Å². The number of ether oxygens (including phenoxy) is 1. The van der Waals surface area contributed by atoms with E-state index in [0.717, 1.165) is 43.7 Å². The van der Waals surface area contributed by atoms with Crippen LogP contribution in [-0.4, -0.2) is 23.9 Å². The quantitative estimate of drug-likeness (QED) is 0.865. The van der Waals surface area contributed by atoms with Crippen molar-refractivity contribution >= 4 is 0 Å². The number of hydrogen-bond donors (Lipinski definition) is 2. The second-order valence-corrected chi connectivity index (χ2v) is 5.65. The molecule has 1 aliphatic heterocycles. The summed E-state index contributed by atoms with van der Waals surface area (Å²) < 4.78 is 5.54. The molecule has 1 unspecified atom stereocenters. The zero-order chi connectivity index (χ0) is 13.2. The van der Waals surface area contributed by atoms with E-state index in [-0.39, 0.29) is 5.54 Å². The lowest BCUT2D eigenvalue weighted by Gasteiger charge is -2.34. The van der Waals surface area contributed by atoms with Gasteiger partial charge in [0.15, 0.2) is 0 Å². The molecule has 0 bridgehead atoms. The predicted molar refractivity (Wildman–Crippen MR) is 72.9 cm³/mol. The summed E-state index contributed by atoms with van der Waals surface area (Å²) >= 11 is 0. The first-order valence-corrected chi connectivity index (χ1v) is 6.62. The van der Waals surface area contributed by atoms with Crippen molar-refractivity contribution in [3.05, 3.63) is 28.8 Å². The molecule has 0 aliphatic carbocycles. The molecule has 1 atom stereocenters. The smallest absolute Gasteiger partial charge is 0.121 e. The highest BCUT2D eigenvalue weighted by Gasteiger charge is 2.26. The van der Waals surface area contributed by atoms with Crippen LogP contribution in [0, 0.1) is 13.8 Å². The molecule has 0 spiro atoms. The van der Waals surface area contributed by atoms with E-state index in [1.807, 2.05) is 26.0 Å². The van der Waals surface area contributed by atoms with Gasteiger partial charge in [0.05, 0.1) is 6.61 Å². The van der Waals surface area contributed by atoms with E-state index in [4.69, 9.17) is 4.74 Å². The van der Waals surface area contributed by atoms with E-state index in [1.54, 1.807) is 0 Å². The Labute approximate surface area is 109 Å². The molecule has 1 aromatic carbocycles. The third-order valence-corrected chi connectivity index (χ3v) is 3.71. The van der Waals surface area contributed by atoms with Gasteiger partial charge in [0.25, 0.3) is 0 Å². The molecule has 1 fully saturated rings. The molecule has 3 nitrogen and oxygen atoms in total. The number of nitrogens with one attached hydrogen (secondary N) is 1. The summed E-state index contributed by atoms with van der Waals surface area (Å²) in [4.78, 5) is 0. The average Bonchev–Trinajstić information content (AvgIpc) is 2.34. The maximum absolute atomic E-state index is 9.76. The predicted octanol–water partition coefficient (Wildman–Crippen LogP) is 2.67. The minimum absolute atomic E-state index is 0.0813. The van der Waals surface area contributed by atoms with Crippen molar-refractivity contribution in [2.75, 3.05) is 13.2 Å². The molecular weight excluding hydrogens is 226 g/mol. The van der Waals surface area contributed by atoms with E-state index in [2.05, 4.69) is 12.2 Å². The molecule has 1 saturated heterocycles. The number of aryl methyl sites for hydroxylation is 2. The van der Waals surface area contributed by atoms with E-state index in [9.17, 15) is 5.11 Å². The Balaban J connectivity index is 2.01. The molecule has 1 aromatic rings. The Kier molecular flexibility index (Phi) is 3.93. The highest BCUT2D eigenvalue weighted by atomic mass is 16.5. The maximum atomic E-state index is 9.76. The van der Waals surface area contributed by atoms with Gasteiger partial charge in [0.1, 0.15) is 5.75 Å². The van der Waals surface area contributed by atoms with Crippen LogP contribution in [-0.2, 0) is 11.3 Å². The normalized spacial score (nSPS) is 24.2. The van der Waals surface area contributed by atoms with Crippen molar-refractivity contribution in [2.45, 2.75) is 45.7 Å². The van der Waals surface area contributed by atoms with Crippen LogP contribution >= 0.6 is 0 Å². The van der Waals surface area contributed by atoms with Crippen LogP contribution in [0.2, 0.25) is 0 Å². The number of aromatic hydroxyl groups is 1. The Bertz CT molecular complexity index is 399. The summed E-state index contributed by atoms with van der Waals surface area (Å²) in [5.74, 6) is 0.408. The summed E-state index contributed by atoms with van der Waals surface area (Å²) in [5, 5.41) is 13.3. The van der Waals surface area contributed by atoms with Gasteiger partial charge in [-0.15, -0.1) is 0 Å². The molecule has 0 aromatic heterocycles. The van der Waals surface area contributed by atoms with Crippen LogP contribution in [0.5, 0.6) is 5.75 Å². The standard InChI is InChI=1S/C15H23NO2/c1-11-7-13(8-12(2)14(11)17)9-16-15(3)5-4-6-18-10-15/h7-8,16-17H,4-6,9-10H2,1-3H3. The number of hydrogen-bond acceptors (Lipinski definition) is 3. The number of benzene rings is 1. The summed E-state index contributed by atoms with van der Waals surface area (Å²) in [6, 6.07) is 4.09. The number of phenols is 1. The van der Waals surface area contributed by atoms with Gasteiger partial charge >= 0.3 is 0 Å². The van der Waals surface area contributed by atoms with E-state index in [1.165, 1.54) is 5.56 Å². The van der Waals surface area contributed by atoms with Gasteiger partial charge in [-0.3, -0.25) is 0 Å². The SMILES string of the molecule is Cc1cc(CNC2(C)CCCOC2)cc(C)c1O. The molecule has 1 aliphatic rings. The van der Waals surface area contributed by atoms with E-state index < -0.39 is 0 Å². The largest absolute Gasteiger partial charge is 0.507 e. The first-order valence-electron chi connectivity index (χ1n) is 6.62. The zero-order valence-electron chi connectivity index (χ0n) is 11.5. The highest BCUT2D eigenvalue weighted by Crippen LogP contribution is 2.24. The molecule has 18 heavy (non-hydrogen) atoms. The molecule has 3 heteroatoms. The van der Waals surface area contributed by atoms with Crippen LogP contribution in [0.1, 0.15) is 36.5 Å². The Morgan fingerprint density at radius 1 is 1.33 bits per heavy atom. The van der Waals surface area contributed by atoms with E-state index in [0.29, 0.717) is 5.75 Å². The highest BCUT2D eigenvalue weighted by molar-refractivity contribution is 5.42. The average molecular weight is 249 g/mol. The third-order valence-electron chi connectivity index (χ3n) is 3.71. The fourth-order valence-electron chi connectivity index (χ4n) is 2.54. The van der Waals surface area contributed by atoms with Crippen molar-refractivity contribution in [3.63, 3.8) is 0 Å². The third kappa shape index (κ3) is 3.03. The van der Waals surface area contributed by atoms with Gasteiger partial charge in [-0.2, -0.15) is 0 Å². The van der Waals surface area contributed by atoms with Crippen LogP contribution < -0.4 is 5.32 Å². The summed E-state index contributed by atoms with van der Waals surface area (Å²) in [7, 11) is 0. The fraction of sp³-hybridized carbons (Fsp3) is 0.600. The maximum Gasteiger partial charge on any atom is 0.121 e. The van der Waals surface area contributed by atoms with Gasteiger partial charge in [-0.25, -0.2) is 0 Å². The van der Waals surface area contributed by atoms with Gasteiger partial charge in [0, 0.05) is 18.7 Å². The second-order valence-electron chi connectivity index (χ2n) is 5.65. The van der Waals surface area contributed by atoms with E-state index >= 15 is 0 Å². The zero-order valence-corrected chi connectivity index (χ0v) is 11.5. The van der Waals surface area contributed by atoms with Crippen LogP contribution in [0.3, 0.4) is 0 Å².